The molecule has 0 saturated carbocycles. The minimum atomic E-state index is -4.76. The first-order chi connectivity index (χ1) is 9.83. The van der Waals surface area contributed by atoms with E-state index in [9.17, 15) is 18.3 Å². The standard InChI is InChI=1S/C14H13F3N2O2/c15-14(16,17)21-11-3-1-2-10(8-11)12(20)6-9-4-5-19-13(18)7-9/h1-5,7-8,12,20H,6H2,(H2,18,19). The topological polar surface area (TPSA) is 68.4 Å². The first-order valence-corrected chi connectivity index (χ1v) is 6.08. The number of anilines is 1. The van der Waals surface area contributed by atoms with Gasteiger partial charge >= 0.3 is 6.36 Å². The van der Waals surface area contributed by atoms with Gasteiger partial charge in [0.25, 0.3) is 0 Å². The van der Waals surface area contributed by atoms with Crippen LogP contribution >= 0.6 is 0 Å². The molecule has 3 N–H and O–H groups in total. The number of nitrogen functional groups attached to an aromatic ring is 1. The number of nitrogens with zero attached hydrogens (tertiary/aromatic N) is 1. The van der Waals surface area contributed by atoms with E-state index in [4.69, 9.17) is 5.73 Å². The van der Waals surface area contributed by atoms with Crippen molar-refractivity contribution >= 4 is 5.82 Å². The van der Waals surface area contributed by atoms with E-state index in [1.807, 2.05) is 0 Å². The molecule has 0 aliphatic heterocycles. The molecule has 0 aliphatic carbocycles. The van der Waals surface area contributed by atoms with Gasteiger partial charge in [-0.3, -0.25) is 0 Å². The Bertz CT molecular complexity index is 617. The number of alkyl halides is 3. The van der Waals surface area contributed by atoms with E-state index in [1.54, 1.807) is 12.1 Å². The second-order valence-electron chi connectivity index (χ2n) is 4.43. The molecule has 2 aromatic rings. The molecule has 1 heterocycles. The maximum absolute atomic E-state index is 12.2. The van der Waals surface area contributed by atoms with Gasteiger partial charge in [0.2, 0.25) is 0 Å². The molecule has 1 atom stereocenters. The highest BCUT2D eigenvalue weighted by Gasteiger charge is 2.31. The molecule has 0 fully saturated rings. The van der Waals surface area contributed by atoms with E-state index in [-0.39, 0.29) is 12.2 Å². The smallest absolute Gasteiger partial charge is 0.406 e. The molecule has 1 aromatic heterocycles. The number of nitrogens with two attached hydrogens (primary N) is 1. The van der Waals surface area contributed by atoms with Crippen molar-refractivity contribution in [3.63, 3.8) is 0 Å². The van der Waals surface area contributed by atoms with Crippen LogP contribution in [-0.4, -0.2) is 16.5 Å². The minimum Gasteiger partial charge on any atom is -0.406 e. The van der Waals surface area contributed by atoms with Crippen LogP contribution in [0.25, 0.3) is 0 Å². The Hall–Kier alpha value is -2.28. The number of hydrogen-bond donors (Lipinski definition) is 2. The summed E-state index contributed by atoms with van der Waals surface area (Å²) in [6, 6.07) is 8.52. The van der Waals surface area contributed by atoms with Gasteiger partial charge in [-0.05, 0) is 35.4 Å². The second kappa shape index (κ2) is 6.01. The van der Waals surface area contributed by atoms with Crippen LogP contribution in [0, 0.1) is 0 Å². The SMILES string of the molecule is Nc1cc(CC(O)c2cccc(OC(F)(F)F)c2)ccn1. The Morgan fingerprint density at radius 2 is 2.00 bits per heavy atom. The van der Waals surface area contributed by atoms with Crippen LogP contribution in [0.5, 0.6) is 5.75 Å². The van der Waals surface area contributed by atoms with Crippen LogP contribution in [-0.2, 0) is 6.42 Å². The molecule has 0 bridgehead atoms. The lowest BCUT2D eigenvalue weighted by atomic mass is 10.0. The summed E-state index contributed by atoms with van der Waals surface area (Å²) in [6.45, 7) is 0. The van der Waals surface area contributed by atoms with E-state index < -0.39 is 12.5 Å². The van der Waals surface area contributed by atoms with E-state index in [1.165, 1.54) is 24.4 Å². The zero-order valence-corrected chi connectivity index (χ0v) is 10.8. The monoisotopic (exact) mass is 298 g/mol. The first kappa shape index (κ1) is 15.1. The number of rotatable bonds is 4. The van der Waals surface area contributed by atoms with Crippen LogP contribution in [0.3, 0.4) is 0 Å². The average Bonchev–Trinajstić information content (AvgIpc) is 2.37. The molecule has 0 spiro atoms. The van der Waals surface area contributed by atoms with E-state index >= 15 is 0 Å². The van der Waals surface area contributed by atoms with Crippen molar-refractivity contribution in [2.45, 2.75) is 18.9 Å². The van der Waals surface area contributed by atoms with E-state index in [2.05, 4.69) is 9.72 Å². The Morgan fingerprint density at radius 3 is 2.67 bits per heavy atom. The largest absolute Gasteiger partial charge is 0.573 e. The molecular weight excluding hydrogens is 285 g/mol. The highest BCUT2D eigenvalue weighted by molar-refractivity contribution is 5.34. The fraction of sp³-hybridized carbons (Fsp3) is 0.214. The molecule has 0 saturated heterocycles. The van der Waals surface area contributed by atoms with Gasteiger partial charge in [0.1, 0.15) is 11.6 Å². The van der Waals surface area contributed by atoms with Crippen LogP contribution in [0.15, 0.2) is 42.6 Å². The van der Waals surface area contributed by atoms with Gasteiger partial charge in [-0.15, -0.1) is 13.2 Å². The summed E-state index contributed by atoms with van der Waals surface area (Å²) in [5, 5.41) is 10.1. The van der Waals surface area contributed by atoms with Gasteiger partial charge < -0.3 is 15.6 Å². The van der Waals surface area contributed by atoms with Gasteiger partial charge in [-0.25, -0.2) is 4.98 Å². The zero-order chi connectivity index (χ0) is 15.5. The first-order valence-electron chi connectivity index (χ1n) is 6.08. The summed E-state index contributed by atoms with van der Waals surface area (Å²) in [4.78, 5) is 3.83. The van der Waals surface area contributed by atoms with Crippen LogP contribution in [0.1, 0.15) is 17.2 Å². The lowest BCUT2D eigenvalue weighted by Crippen LogP contribution is -2.17. The normalized spacial score (nSPS) is 13.0. The lowest BCUT2D eigenvalue weighted by molar-refractivity contribution is -0.274. The molecule has 4 nitrogen and oxygen atoms in total. The maximum Gasteiger partial charge on any atom is 0.573 e. The van der Waals surface area contributed by atoms with Crippen molar-refractivity contribution in [1.29, 1.82) is 0 Å². The Morgan fingerprint density at radius 1 is 1.24 bits per heavy atom. The highest BCUT2D eigenvalue weighted by atomic mass is 19.4. The molecule has 21 heavy (non-hydrogen) atoms. The third-order valence-corrected chi connectivity index (χ3v) is 2.75. The number of ether oxygens (including phenoxy) is 1. The van der Waals surface area contributed by atoms with Crippen LogP contribution < -0.4 is 10.5 Å². The zero-order valence-electron chi connectivity index (χ0n) is 10.8. The van der Waals surface area contributed by atoms with E-state index in [0.717, 1.165) is 11.6 Å². The molecule has 1 unspecified atom stereocenters. The summed E-state index contributed by atoms with van der Waals surface area (Å²) in [6.07, 6.45) is -4.02. The third-order valence-electron chi connectivity index (χ3n) is 2.75. The van der Waals surface area contributed by atoms with Crippen molar-refractivity contribution < 1.29 is 23.0 Å². The molecule has 112 valence electrons. The molecule has 0 aliphatic rings. The summed E-state index contributed by atoms with van der Waals surface area (Å²) < 4.78 is 40.3. The highest BCUT2D eigenvalue weighted by Crippen LogP contribution is 2.26. The van der Waals surface area contributed by atoms with Crippen LogP contribution in [0.4, 0.5) is 19.0 Å². The van der Waals surface area contributed by atoms with Gasteiger partial charge in [0, 0.05) is 12.6 Å². The van der Waals surface area contributed by atoms with Crippen molar-refractivity contribution in [3.05, 3.63) is 53.7 Å². The predicted octanol–water partition coefficient (Wildman–Crippen LogP) is 2.84. The summed E-state index contributed by atoms with van der Waals surface area (Å²) >= 11 is 0. The average molecular weight is 298 g/mol. The number of aliphatic hydroxyl groups is 1. The number of pyridine rings is 1. The van der Waals surface area contributed by atoms with Crippen LogP contribution in [0.2, 0.25) is 0 Å². The van der Waals surface area contributed by atoms with Crippen molar-refractivity contribution in [2.75, 3.05) is 5.73 Å². The fourth-order valence-electron chi connectivity index (χ4n) is 1.88. The predicted molar refractivity (Wildman–Crippen MR) is 70.4 cm³/mol. The van der Waals surface area contributed by atoms with Crippen molar-refractivity contribution in [1.82, 2.24) is 4.98 Å². The van der Waals surface area contributed by atoms with Crippen molar-refractivity contribution in [3.8, 4) is 5.75 Å². The number of halogens is 3. The molecule has 0 amide bonds. The summed E-state index contributed by atoms with van der Waals surface area (Å²) in [7, 11) is 0. The van der Waals surface area contributed by atoms with Gasteiger partial charge in [0.15, 0.2) is 0 Å². The number of hydrogen-bond acceptors (Lipinski definition) is 4. The molecular formula is C14H13F3N2O2. The molecule has 0 radical (unpaired) electrons. The van der Waals surface area contributed by atoms with Gasteiger partial charge in [-0.1, -0.05) is 12.1 Å². The quantitative estimate of drug-likeness (QED) is 0.910. The Balaban J connectivity index is 2.12. The lowest BCUT2D eigenvalue weighted by Gasteiger charge is -2.14. The maximum atomic E-state index is 12.2. The third kappa shape index (κ3) is 4.64. The van der Waals surface area contributed by atoms with Gasteiger partial charge in [0.05, 0.1) is 6.10 Å². The number of benzene rings is 1. The minimum absolute atomic E-state index is 0.211. The van der Waals surface area contributed by atoms with Gasteiger partial charge in [-0.2, -0.15) is 0 Å². The van der Waals surface area contributed by atoms with Crippen molar-refractivity contribution in [2.24, 2.45) is 0 Å². The number of aliphatic hydroxyl groups excluding tert-OH is 1. The molecule has 2 rings (SSSR count). The number of aromatic nitrogens is 1. The summed E-state index contributed by atoms with van der Waals surface area (Å²) in [5.74, 6) is -0.0536. The second-order valence-corrected chi connectivity index (χ2v) is 4.43. The van der Waals surface area contributed by atoms with E-state index in [0.29, 0.717) is 11.4 Å². The molecule has 7 heteroatoms. The summed E-state index contributed by atoms with van der Waals surface area (Å²) in [5.41, 5.74) is 6.59. The molecule has 1 aromatic carbocycles. The Labute approximate surface area is 119 Å². The Kier molecular flexibility index (Phi) is 4.32. The fourth-order valence-corrected chi connectivity index (χ4v) is 1.88.